The van der Waals surface area contributed by atoms with Crippen LogP contribution < -0.4 is 5.69 Å². The van der Waals surface area contributed by atoms with Crippen LogP contribution in [0, 0.1) is 0 Å². The molecular weight excluding hydrogens is 469 g/mol. The molecule has 1 saturated heterocycles. The van der Waals surface area contributed by atoms with Crippen LogP contribution >= 0.6 is 0 Å². The minimum Gasteiger partial charge on any atom is -0.279 e. The van der Waals surface area contributed by atoms with Crippen LogP contribution in [0.3, 0.4) is 0 Å². The quantitative estimate of drug-likeness (QED) is 0.524. The maximum Gasteiger partial charge on any atom is 0.416 e. The molecule has 1 aromatic heterocycles. The first-order chi connectivity index (χ1) is 16.1. The van der Waals surface area contributed by atoms with Crippen molar-refractivity contribution in [3.8, 4) is 0 Å². The lowest BCUT2D eigenvalue weighted by atomic mass is 9.97. The van der Waals surface area contributed by atoms with Gasteiger partial charge in [0.2, 0.25) is 10.0 Å². The maximum absolute atomic E-state index is 12.9. The van der Waals surface area contributed by atoms with E-state index in [9.17, 15) is 26.4 Å². The Bertz CT molecular complexity index is 1290. The third kappa shape index (κ3) is 4.80. The van der Waals surface area contributed by atoms with Gasteiger partial charge in [0.15, 0.2) is 0 Å². The van der Waals surface area contributed by atoms with E-state index < -0.39 is 21.8 Å². The molecule has 0 N–H and O–H groups in total. The number of piperidine rings is 1. The molecule has 182 valence electrons. The van der Waals surface area contributed by atoms with Crippen molar-refractivity contribution in [2.75, 3.05) is 13.1 Å². The minimum atomic E-state index is -4.53. The Balaban J connectivity index is 1.49. The summed E-state index contributed by atoms with van der Waals surface area (Å²) in [6.45, 7) is 3.05. The number of rotatable bonds is 6. The van der Waals surface area contributed by atoms with Crippen molar-refractivity contribution in [3.63, 3.8) is 0 Å². The molecule has 3 aromatic rings. The first-order valence-electron chi connectivity index (χ1n) is 11.0. The van der Waals surface area contributed by atoms with Crippen molar-refractivity contribution in [1.29, 1.82) is 0 Å². The highest BCUT2D eigenvalue weighted by atomic mass is 32.2. The fraction of sp³-hybridized carbons (Fsp3) is 0.391. The van der Waals surface area contributed by atoms with E-state index >= 15 is 0 Å². The molecular formula is C23H25F3N4O3S. The van der Waals surface area contributed by atoms with Gasteiger partial charge in [-0.3, -0.25) is 4.57 Å². The lowest BCUT2D eigenvalue weighted by Crippen LogP contribution is -2.38. The molecule has 1 aliphatic heterocycles. The number of sulfonamides is 1. The Morgan fingerprint density at radius 2 is 1.62 bits per heavy atom. The van der Waals surface area contributed by atoms with E-state index in [1.54, 1.807) is 4.57 Å². The lowest BCUT2D eigenvalue weighted by molar-refractivity contribution is -0.137. The highest BCUT2D eigenvalue weighted by Crippen LogP contribution is 2.32. The van der Waals surface area contributed by atoms with Gasteiger partial charge < -0.3 is 0 Å². The Hall–Kier alpha value is -2.92. The van der Waals surface area contributed by atoms with Crippen LogP contribution in [0.2, 0.25) is 0 Å². The maximum atomic E-state index is 12.9. The molecule has 1 aliphatic rings. The fourth-order valence-corrected chi connectivity index (χ4v) is 5.71. The van der Waals surface area contributed by atoms with E-state index in [2.05, 4.69) is 5.10 Å². The van der Waals surface area contributed by atoms with Crippen molar-refractivity contribution in [3.05, 3.63) is 82.0 Å². The number of nitrogens with zero attached hydrogens (tertiary/aromatic N) is 4. The van der Waals surface area contributed by atoms with Crippen molar-refractivity contribution < 1.29 is 21.6 Å². The van der Waals surface area contributed by atoms with Crippen LogP contribution in [0.15, 0.2) is 64.3 Å². The molecule has 0 aliphatic carbocycles. The second-order valence-corrected chi connectivity index (χ2v) is 10.2. The number of hydrogen-bond donors (Lipinski definition) is 0. The molecule has 34 heavy (non-hydrogen) atoms. The molecule has 0 spiro atoms. The van der Waals surface area contributed by atoms with Gasteiger partial charge in [-0.2, -0.15) is 22.6 Å². The predicted octanol–water partition coefficient (Wildman–Crippen LogP) is 3.70. The Morgan fingerprint density at radius 3 is 2.18 bits per heavy atom. The summed E-state index contributed by atoms with van der Waals surface area (Å²) in [7, 11) is -3.92. The van der Waals surface area contributed by atoms with Gasteiger partial charge in [-0.15, -0.1) is 0 Å². The summed E-state index contributed by atoms with van der Waals surface area (Å²) < 4.78 is 68.6. The van der Waals surface area contributed by atoms with E-state index in [1.807, 2.05) is 37.3 Å². The van der Waals surface area contributed by atoms with Gasteiger partial charge in [-0.1, -0.05) is 30.3 Å². The molecule has 11 heteroatoms. The molecule has 2 heterocycles. The second kappa shape index (κ2) is 9.38. The molecule has 0 unspecified atom stereocenters. The van der Waals surface area contributed by atoms with E-state index in [0.717, 1.165) is 29.8 Å². The normalized spacial score (nSPS) is 16.1. The highest BCUT2D eigenvalue weighted by molar-refractivity contribution is 7.89. The second-order valence-electron chi connectivity index (χ2n) is 8.23. The zero-order valence-corrected chi connectivity index (χ0v) is 19.4. The van der Waals surface area contributed by atoms with Crippen LogP contribution in [-0.2, 0) is 29.3 Å². The molecule has 0 saturated carbocycles. The SMILES string of the molecule is CCn1c(C2CCN(S(=O)(=O)c3ccc(C(F)(F)F)cc3)CC2)nn(Cc2ccccc2)c1=O. The number of alkyl halides is 3. The van der Waals surface area contributed by atoms with Gasteiger partial charge in [-0.25, -0.2) is 17.9 Å². The number of benzene rings is 2. The molecule has 4 rings (SSSR count). The van der Waals surface area contributed by atoms with Gasteiger partial charge in [0.25, 0.3) is 0 Å². The molecule has 0 amide bonds. The molecule has 7 nitrogen and oxygen atoms in total. The number of halogens is 3. The van der Waals surface area contributed by atoms with Gasteiger partial charge >= 0.3 is 11.9 Å². The first-order valence-corrected chi connectivity index (χ1v) is 12.4. The predicted molar refractivity (Wildman–Crippen MR) is 120 cm³/mol. The van der Waals surface area contributed by atoms with Crippen LogP contribution in [0.4, 0.5) is 13.2 Å². The summed E-state index contributed by atoms with van der Waals surface area (Å²) in [5.74, 6) is 0.540. The summed E-state index contributed by atoms with van der Waals surface area (Å²) in [6.07, 6.45) is -3.61. The Labute approximate surface area is 195 Å². The zero-order valence-electron chi connectivity index (χ0n) is 18.6. The molecule has 1 fully saturated rings. The lowest BCUT2D eigenvalue weighted by Gasteiger charge is -2.30. The monoisotopic (exact) mass is 494 g/mol. The summed E-state index contributed by atoms with van der Waals surface area (Å²) in [6, 6.07) is 13.1. The summed E-state index contributed by atoms with van der Waals surface area (Å²) in [4.78, 5) is 12.7. The number of aromatic nitrogens is 3. The van der Waals surface area contributed by atoms with Crippen molar-refractivity contribution in [1.82, 2.24) is 18.7 Å². The Kier molecular flexibility index (Phi) is 6.68. The molecule has 0 radical (unpaired) electrons. The summed E-state index contributed by atoms with van der Waals surface area (Å²) >= 11 is 0. The standard InChI is InChI=1S/C23H25F3N4O3S/c1-2-29-21(27-30(22(29)31)16-17-6-4-3-5-7-17)18-12-14-28(15-13-18)34(32,33)20-10-8-19(9-11-20)23(24,25)26/h3-11,18H,2,12-16H2,1H3. The fourth-order valence-electron chi connectivity index (χ4n) is 4.24. The van der Waals surface area contributed by atoms with E-state index in [1.165, 1.54) is 8.99 Å². The largest absolute Gasteiger partial charge is 0.416 e. The van der Waals surface area contributed by atoms with E-state index in [0.29, 0.717) is 31.8 Å². The average Bonchev–Trinajstić information content (AvgIpc) is 3.14. The zero-order chi connectivity index (χ0) is 24.5. The minimum absolute atomic E-state index is 0.0938. The number of hydrogen-bond acceptors (Lipinski definition) is 4. The summed E-state index contributed by atoms with van der Waals surface area (Å²) in [5.41, 5.74) is -0.149. The van der Waals surface area contributed by atoms with Gasteiger partial charge in [0, 0.05) is 25.6 Å². The third-order valence-corrected chi connectivity index (χ3v) is 7.99. The third-order valence-electron chi connectivity index (χ3n) is 6.08. The summed E-state index contributed by atoms with van der Waals surface area (Å²) in [5, 5.41) is 4.57. The first kappa shape index (κ1) is 24.2. The van der Waals surface area contributed by atoms with E-state index in [4.69, 9.17) is 0 Å². The van der Waals surface area contributed by atoms with Gasteiger partial charge in [0.1, 0.15) is 5.82 Å². The Morgan fingerprint density at radius 1 is 1.00 bits per heavy atom. The van der Waals surface area contributed by atoms with Crippen molar-refractivity contribution in [2.45, 2.75) is 49.8 Å². The smallest absolute Gasteiger partial charge is 0.279 e. The molecule has 0 bridgehead atoms. The molecule has 0 atom stereocenters. The highest BCUT2D eigenvalue weighted by Gasteiger charge is 2.34. The van der Waals surface area contributed by atoms with Crippen LogP contribution in [0.1, 0.15) is 42.6 Å². The van der Waals surface area contributed by atoms with Crippen molar-refractivity contribution >= 4 is 10.0 Å². The van der Waals surface area contributed by atoms with Gasteiger partial charge in [-0.05, 0) is 49.6 Å². The van der Waals surface area contributed by atoms with Gasteiger partial charge in [0.05, 0.1) is 17.0 Å². The molecule has 2 aromatic carbocycles. The van der Waals surface area contributed by atoms with Crippen LogP contribution in [0.25, 0.3) is 0 Å². The topological polar surface area (TPSA) is 77.2 Å². The van der Waals surface area contributed by atoms with Crippen molar-refractivity contribution in [2.24, 2.45) is 0 Å². The van der Waals surface area contributed by atoms with Crippen LogP contribution in [0.5, 0.6) is 0 Å². The average molecular weight is 495 g/mol. The van der Waals surface area contributed by atoms with E-state index in [-0.39, 0.29) is 29.6 Å². The van der Waals surface area contributed by atoms with Crippen LogP contribution in [-0.4, -0.2) is 40.2 Å².